The highest BCUT2D eigenvalue weighted by Gasteiger charge is 2.47. The van der Waals surface area contributed by atoms with Crippen LogP contribution in [0.15, 0.2) is 30.3 Å². The molecule has 0 bridgehead atoms. The Hall–Kier alpha value is -1.88. The van der Waals surface area contributed by atoms with Crippen LogP contribution in [0.2, 0.25) is 0 Å². The Morgan fingerprint density at radius 2 is 2.09 bits per heavy atom. The van der Waals surface area contributed by atoms with Crippen molar-refractivity contribution in [3.8, 4) is 0 Å². The van der Waals surface area contributed by atoms with Crippen LogP contribution in [0.5, 0.6) is 0 Å². The maximum absolute atomic E-state index is 12.7. The summed E-state index contributed by atoms with van der Waals surface area (Å²) in [6.45, 7) is 3.05. The lowest BCUT2D eigenvalue weighted by Crippen LogP contribution is -2.44. The lowest BCUT2D eigenvalue weighted by molar-refractivity contribution is -0.131. The zero-order valence-electron chi connectivity index (χ0n) is 13.6. The molecule has 0 unspecified atom stereocenters. The van der Waals surface area contributed by atoms with E-state index in [1.807, 2.05) is 37.3 Å². The van der Waals surface area contributed by atoms with Crippen molar-refractivity contribution in [3.63, 3.8) is 0 Å². The van der Waals surface area contributed by atoms with Crippen molar-refractivity contribution in [3.05, 3.63) is 35.9 Å². The Morgan fingerprint density at radius 3 is 2.78 bits per heavy atom. The standard InChI is InChI=1S/C18H24N2O3/c1-18(11-9-14-6-3-2-4-7-14)16(21)20(17(22)19-18)12-10-15-8-5-13-23-15/h2-4,6-7,15H,5,8-13H2,1H3,(H,19,22)/t15-,18-/m1/s1. The smallest absolute Gasteiger partial charge is 0.325 e. The van der Waals surface area contributed by atoms with Gasteiger partial charge in [-0.3, -0.25) is 9.69 Å². The van der Waals surface area contributed by atoms with Crippen LogP contribution in [0.1, 0.15) is 38.2 Å². The average Bonchev–Trinajstić information content (AvgIpc) is 3.13. The second kappa shape index (κ2) is 6.71. The summed E-state index contributed by atoms with van der Waals surface area (Å²) in [5.74, 6) is -0.114. The van der Waals surface area contributed by atoms with Gasteiger partial charge in [0.15, 0.2) is 0 Å². The highest BCUT2D eigenvalue weighted by atomic mass is 16.5. The van der Waals surface area contributed by atoms with Gasteiger partial charge in [-0.25, -0.2) is 4.79 Å². The predicted molar refractivity (Wildman–Crippen MR) is 87.0 cm³/mol. The van der Waals surface area contributed by atoms with Gasteiger partial charge in [-0.05, 0) is 44.6 Å². The molecule has 0 spiro atoms. The number of rotatable bonds is 6. The van der Waals surface area contributed by atoms with Gasteiger partial charge < -0.3 is 10.1 Å². The second-order valence-electron chi connectivity index (χ2n) is 6.63. The van der Waals surface area contributed by atoms with Crippen LogP contribution in [-0.4, -0.2) is 41.6 Å². The molecule has 124 valence electrons. The Labute approximate surface area is 137 Å². The molecule has 5 heteroatoms. The number of hydrogen-bond acceptors (Lipinski definition) is 3. The monoisotopic (exact) mass is 316 g/mol. The molecule has 2 aliphatic heterocycles. The van der Waals surface area contributed by atoms with E-state index in [9.17, 15) is 9.59 Å². The number of hydrogen-bond donors (Lipinski definition) is 1. The van der Waals surface area contributed by atoms with Crippen LogP contribution < -0.4 is 5.32 Å². The average molecular weight is 316 g/mol. The number of carbonyl (C=O) groups excluding carboxylic acids is 2. The summed E-state index contributed by atoms with van der Waals surface area (Å²) in [4.78, 5) is 26.2. The Kier molecular flexibility index (Phi) is 4.66. The van der Waals surface area contributed by atoms with Crippen molar-refractivity contribution in [2.75, 3.05) is 13.2 Å². The summed E-state index contributed by atoms with van der Waals surface area (Å²) in [6, 6.07) is 9.75. The van der Waals surface area contributed by atoms with Gasteiger partial charge in [-0.1, -0.05) is 30.3 Å². The van der Waals surface area contributed by atoms with Crippen LogP contribution in [0.25, 0.3) is 0 Å². The summed E-state index contributed by atoms with van der Waals surface area (Å²) in [7, 11) is 0. The number of carbonyl (C=O) groups is 2. The van der Waals surface area contributed by atoms with Crippen LogP contribution >= 0.6 is 0 Å². The van der Waals surface area contributed by atoms with Gasteiger partial charge in [0.05, 0.1) is 6.10 Å². The minimum absolute atomic E-state index is 0.114. The van der Waals surface area contributed by atoms with E-state index in [-0.39, 0.29) is 18.0 Å². The van der Waals surface area contributed by atoms with Gasteiger partial charge in [0.2, 0.25) is 0 Å². The molecule has 2 fully saturated rings. The Morgan fingerprint density at radius 1 is 1.30 bits per heavy atom. The number of ether oxygens (including phenoxy) is 1. The van der Waals surface area contributed by atoms with Gasteiger partial charge >= 0.3 is 6.03 Å². The van der Waals surface area contributed by atoms with Crippen LogP contribution in [0.4, 0.5) is 4.79 Å². The molecule has 3 rings (SSSR count). The number of urea groups is 1. The minimum Gasteiger partial charge on any atom is -0.378 e. The molecule has 5 nitrogen and oxygen atoms in total. The third kappa shape index (κ3) is 3.55. The SMILES string of the molecule is C[C@]1(CCc2ccccc2)NC(=O)N(CC[C@H]2CCCO2)C1=O. The molecule has 2 aliphatic rings. The number of nitrogens with one attached hydrogen (secondary N) is 1. The van der Waals surface area contributed by atoms with Crippen molar-refractivity contribution in [2.45, 2.75) is 50.7 Å². The lowest BCUT2D eigenvalue weighted by atomic mass is 9.93. The van der Waals surface area contributed by atoms with Crippen molar-refractivity contribution in [2.24, 2.45) is 0 Å². The number of benzene rings is 1. The topological polar surface area (TPSA) is 58.6 Å². The molecule has 0 radical (unpaired) electrons. The third-order valence-electron chi connectivity index (χ3n) is 4.80. The molecule has 1 N–H and O–H groups in total. The summed E-state index contributed by atoms with van der Waals surface area (Å²) < 4.78 is 5.57. The first-order valence-electron chi connectivity index (χ1n) is 8.38. The molecular formula is C18H24N2O3. The zero-order valence-corrected chi connectivity index (χ0v) is 13.6. The fraction of sp³-hybridized carbons (Fsp3) is 0.556. The van der Waals surface area contributed by atoms with E-state index in [0.717, 1.165) is 32.3 Å². The fourth-order valence-electron chi connectivity index (χ4n) is 3.30. The van der Waals surface area contributed by atoms with Crippen molar-refractivity contribution in [1.82, 2.24) is 10.2 Å². The predicted octanol–water partition coefficient (Wildman–Crippen LogP) is 2.50. The van der Waals surface area contributed by atoms with E-state index in [1.54, 1.807) is 0 Å². The van der Waals surface area contributed by atoms with E-state index >= 15 is 0 Å². The molecule has 0 aromatic heterocycles. The van der Waals surface area contributed by atoms with Crippen molar-refractivity contribution >= 4 is 11.9 Å². The molecule has 2 heterocycles. The number of nitrogens with zero attached hydrogens (tertiary/aromatic N) is 1. The van der Waals surface area contributed by atoms with Gasteiger partial charge in [0.25, 0.3) is 5.91 Å². The first-order chi connectivity index (χ1) is 11.1. The van der Waals surface area contributed by atoms with Crippen LogP contribution in [0.3, 0.4) is 0 Å². The van der Waals surface area contributed by atoms with E-state index in [2.05, 4.69) is 5.32 Å². The van der Waals surface area contributed by atoms with Gasteiger partial charge in [-0.15, -0.1) is 0 Å². The molecule has 1 aromatic carbocycles. The summed E-state index contributed by atoms with van der Waals surface area (Å²) in [5, 5.41) is 2.87. The van der Waals surface area contributed by atoms with Gasteiger partial charge in [0.1, 0.15) is 5.54 Å². The van der Waals surface area contributed by atoms with E-state index < -0.39 is 5.54 Å². The molecule has 1 aromatic rings. The molecular weight excluding hydrogens is 292 g/mol. The van der Waals surface area contributed by atoms with E-state index in [4.69, 9.17) is 4.74 Å². The molecule has 0 saturated carbocycles. The lowest BCUT2D eigenvalue weighted by Gasteiger charge is -2.22. The third-order valence-corrected chi connectivity index (χ3v) is 4.80. The van der Waals surface area contributed by atoms with Crippen molar-refractivity contribution in [1.29, 1.82) is 0 Å². The first-order valence-corrected chi connectivity index (χ1v) is 8.38. The first kappa shape index (κ1) is 16.0. The van der Waals surface area contributed by atoms with Crippen molar-refractivity contribution < 1.29 is 14.3 Å². The summed E-state index contributed by atoms with van der Waals surface area (Å²) in [6.07, 6.45) is 4.38. The van der Waals surface area contributed by atoms with Gasteiger partial charge in [0, 0.05) is 13.2 Å². The molecule has 2 atom stereocenters. The Balaban J connectivity index is 1.57. The maximum Gasteiger partial charge on any atom is 0.325 e. The summed E-state index contributed by atoms with van der Waals surface area (Å²) in [5.41, 5.74) is 0.372. The number of imide groups is 1. The molecule has 2 saturated heterocycles. The van der Waals surface area contributed by atoms with E-state index in [1.165, 1.54) is 10.5 Å². The minimum atomic E-state index is -0.802. The largest absolute Gasteiger partial charge is 0.378 e. The highest BCUT2D eigenvalue weighted by molar-refractivity contribution is 6.06. The Bertz CT molecular complexity index is 569. The van der Waals surface area contributed by atoms with Crippen LogP contribution in [0, 0.1) is 0 Å². The van der Waals surface area contributed by atoms with E-state index in [0.29, 0.717) is 13.0 Å². The molecule has 23 heavy (non-hydrogen) atoms. The van der Waals surface area contributed by atoms with Gasteiger partial charge in [-0.2, -0.15) is 0 Å². The normalized spacial score (nSPS) is 27.5. The number of amides is 3. The highest BCUT2D eigenvalue weighted by Crippen LogP contribution is 2.24. The maximum atomic E-state index is 12.7. The van der Waals surface area contributed by atoms with Crippen LogP contribution in [-0.2, 0) is 16.0 Å². The number of aryl methyl sites for hydroxylation is 1. The fourth-order valence-corrected chi connectivity index (χ4v) is 3.30. The quantitative estimate of drug-likeness (QED) is 0.820. The molecule has 0 aliphatic carbocycles. The second-order valence-corrected chi connectivity index (χ2v) is 6.63. The zero-order chi connectivity index (χ0) is 16.3. The molecule has 3 amide bonds. The summed E-state index contributed by atoms with van der Waals surface area (Å²) >= 11 is 0.